The quantitative estimate of drug-likeness (QED) is 0.659. The van der Waals surface area contributed by atoms with Crippen LogP contribution < -0.4 is 10.6 Å². The maximum Gasteiger partial charge on any atom is 0.407 e. The van der Waals surface area contributed by atoms with Crippen LogP contribution in [0.5, 0.6) is 0 Å². The molecule has 1 fully saturated rings. The Morgan fingerprint density at radius 3 is 2.45 bits per heavy atom. The number of carbonyl (C=O) groups excluding carboxylic acids is 1. The molecule has 22 heavy (non-hydrogen) atoms. The SMILES string of the molecule is CCCCCNC(CNC(=O)OC(C)(C)C)C1CCCCC1. The first-order valence-corrected chi connectivity index (χ1v) is 9.12. The van der Waals surface area contributed by atoms with E-state index in [0.29, 0.717) is 18.5 Å². The van der Waals surface area contributed by atoms with Crippen LogP contribution in [0.4, 0.5) is 4.79 Å². The molecule has 1 unspecified atom stereocenters. The van der Waals surface area contributed by atoms with Gasteiger partial charge in [0.05, 0.1) is 0 Å². The third kappa shape index (κ3) is 8.62. The number of amides is 1. The molecule has 1 rings (SSSR count). The first-order valence-electron chi connectivity index (χ1n) is 9.12. The molecule has 0 spiro atoms. The zero-order chi connectivity index (χ0) is 16.4. The summed E-state index contributed by atoms with van der Waals surface area (Å²) < 4.78 is 5.34. The maximum atomic E-state index is 11.9. The van der Waals surface area contributed by atoms with Gasteiger partial charge in [-0.05, 0) is 52.5 Å². The summed E-state index contributed by atoms with van der Waals surface area (Å²) in [4.78, 5) is 11.9. The molecule has 0 saturated heterocycles. The highest BCUT2D eigenvalue weighted by atomic mass is 16.6. The molecule has 2 N–H and O–H groups in total. The van der Waals surface area contributed by atoms with E-state index in [2.05, 4.69) is 17.6 Å². The van der Waals surface area contributed by atoms with Gasteiger partial charge in [0.1, 0.15) is 5.60 Å². The van der Waals surface area contributed by atoms with Crippen LogP contribution in [0.2, 0.25) is 0 Å². The van der Waals surface area contributed by atoms with Crippen molar-refractivity contribution in [2.45, 2.75) is 90.7 Å². The lowest BCUT2D eigenvalue weighted by Crippen LogP contribution is -2.47. The van der Waals surface area contributed by atoms with E-state index in [-0.39, 0.29) is 6.09 Å². The zero-order valence-electron chi connectivity index (χ0n) is 15.0. The third-order valence-corrected chi connectivity index (χ3v) is 4.27. The van der Waals surface area contributed by atoms with Gasteiger partial charge >= 0.3 is 6.09 Å². The van der Waals surface area contributed by atoms with Crippen LogP contribution in [0, 0.1) is 5.92 Å². The first-order chi connectivity index (χ1) is 10.4. The number of unbranched alkanes of at least 4 members (excludes halogenated alkanes) is 2. The fourth-order valence-electron chi connectivity index (χ4n) is 3.11. The average molecular weight is 312 g/mol. The summed E-state index contributed by atoms with van der Waals surface area (Å²) >= 11 is 0. The fourth-order valence-corrected chi connectivity index (χ4v) is 3.11. The molecule has 0 aromatic rings. The number of hydrogen-bond donors (Lipinski definition) is 2. The van der Waals surface area contributed by atoms with Gasteiger partial charge in [0.15, 0.2) is 0 Å². The predicted molar refractivity (Wildman–Crippen MR) is 92.1 cm³/mol. The van der Waals surface area contributed by atoms with E-state index in [0.717, 1.165) is 6.54 Å². The molecule has 0 aromatic carbocycles. The number of nitrogens with one attached hydrogen (secondary N) is 2. The summed E-state index contributed by atoms with van der Waals surface area (Å²) in [5.41, 5.74) is -0.432. The molecule has 0 radical (unpaired) electrons. The summed E-state index contributed by atoms with van der Waals surface area (Å²) in [5.74, 6) is 0.685. The Balaban J connectivity index is 2.40. The zero-order valence-corrected chi connectivity index (χ0v) is 15.0. The molecule has 0 aromatic heterocycles. The van der Waals surface area contributed by atoms with Crippen molar-refractivity contribution in [1.29, 1.82) is 0 Å². The Bertz CT molecular complexity index is 307. The largest absolute Gasteiger partial charge is 0.444 e. The van der Waals surface area contributed by atoms with E-state index in [1.807, 2.05) is 20.8 Å². The highest BCUT2D eigenvalue weighted by Crippen LogP contribution is 2.26. The maximum absolute atomic E-state index is 11.9. The van der Waals surface area contributed by atoms with E-state index in [9.17, 15) is 4.79 Å². The molecule has 1 aliphatic carbocycles. The van der Waals surface area contributed by atoms with Crippen molar-refractivity contribution in [1.82, 2.24) is 10.6 Å². The Kier molecular flexibility index (Phi) is 8.84. The van der Waals surface area contributed by atoms with Gasteiger partial charge in [-0.25, -0.2) is 4.79 Å². The van der Waals surface area contributed by atoms with E-state index in [1.54, 1.807) is 0 Å². The molecule has 1 saturated carbocycles. The van der Waals surface area contributed by atoms with Crippen molar-refractivity contribution in [3.05, 3.63) is 0 Å². The predicted octanol–water partition coefficient (Wildman–Crippen LogP) is 4.24. The highest BCUT2D eigenvalue weighted by molar-refractivity contribution is 5.67. The number of hydrogen-bond acceptors (Lipinski definition) is 3. The molecule has 4 heteroatoms. The molecule has 1 aliphatic rings. The van der Waals surface area contributed by atoms with E-state index in [4.69, 9.17) is 4.74 Å². The molecule has 0 bridgehead atoms. The van der Waals surface area contributed by atoms with Gasteiger partial charge in [0.2, 0.25) is 0 Å². The van der Waals surface area contributed by atoms with Gasteiger partial charge in [0, 0.05) is 12.6 Å². The van der Waals surface area contributed by atoms with Crippen LogP contribution in [-0.4, -0.2) is 30.8 Å². The van der Waals surface area contributed by atoms with Crippen LogP contribution in [0.1, 0.15) is 79.1 Å². The van der Waals surface area contributed by atoms with Gasteiger partial charge in [0.25, 0.3) is 0 Å². The molecular weight excluding hydrogens is 276 g/mol. The molecule has 0 heterocycles. The molecule has 4 nitrogen and oxygen atoms in total. The number of carbonyl (C=O) groups is 1. The molecule has 0 aliphatic heterocycles. The van der Waals surface area contributed by atoms with Gasteiger partial charge in [-0.15, -0.1) is 0 Å². The van der Waals surface area contributed by atoms with Crippen LogP contribution in [0.15, 0.2) is 0 Å². The third-order valence-electron chi connectivity index (χ3n) is 4.27. The number of ether oxygens (including phenoxy) is 1. The second-order valence-corrected chi connectivity index (χ2v) is 7.55. The van der Waals surface area contributed by atoms with Crippen molar-refractivity contribution in [2.75, 3.05) is 13.1 Å². The van der Waals surface area contributed by atoms with E-state index >= 15 is 0 Å². The second kappa shape index (κ2) is 10.1. The summed E-state index contributed by atoms with van der Waals surface area (Å²) in [6.07, 6.45) is 9.99. The van der Waals surface area contributed by atoms with Crippen molar-refractivity contribution in [2.24, 2.45) is 5.92 Å². The van der Waals surface area contributed by atoms with Crippen LogP contribution in [0.25, 0.3) is 0 Å². The lowest BCUT2D eigenvalue weighted by atomic mass is 9.83. The minimum Gasteiger partial charge on any atom is -0.444 e. The molecule has 1 amide bonds. The lowest BCUT2D eigenvalue weighted by molar-refractivity contribution is 0.0516. The summed E-state index contributed by atoms with van der Waals surface area (Å²) in [6.45, 7) is 9.63. The molecule has 130 valence electrons. The first kappa shape index (κ1) is 19.3. The van der Waals surface area contributed by atoms with E-state index < -0.39 is 5.60 Å². The molecular formula is C18H36N2O2. The monoisotopic (exact) mass is 312 g/mol. The minimum absolute atomic E-state index is 0.302. The Morgan fingerprint density at radius 2 is 1.86 bits per heavy atom. The van der Waals surface area contributed by atoms with Crippen molar-refractivity contribution < 1.29 is 9.53 Å². The van der Waals surface area contributed by atoms with Gasteiger partial charge in [-0.1, -0.05) is 39.0 Å². The summed E-state index contributed by atoms with van der Waals surface area (Å²) in [7, 11) is 0. The smallest absolute Gasteiger partial charge is 0.407 e. The number of rotatable bonds is 8. The molecule has 1 atom stereocenters. The summed E-state index contributed by atoms with van der Waals surface area (Å²) in [5, 5.41) is 6.63. The van der Waals surface area contributed by atoms with Crippen molar-refractivity contribution in [3.63, 3.8) is 0 Å². The Labute approximate surface area is 136 Å². The lowest BCUT2D eigenvalue weighted by Gasteiger charge is -2.31. The van der Waals surface area contributed by atoms with Crippen molar-refractivity contribution >= 4 is 6.09 Å². The van der Waals surface area contributed by atoms with E-state index in [1.165, 1.54) is 51.4 Å². The fraction of sp³-hybridized carbons (Fsp3) is 0.944. The minimum atomic E-state index is -0.432. The topological polar surface area (TPSA) is 50.4 Å². The number of alkyl carbamates (subject to hydrolysis) is 1. The standard InChI is InChI=1S/C18H36N2O2/c1-5-6-10-13-19-16(15-11-8-7-9-12-15)14-20-17(21)22-18(2,3)4/h15-16,19H,5-14H2,1-4H3,(H,20,21). The highest BCUT2D eigenvalue weighted by Gasteiger charge is 2.24. The van der Waals surface area contributed by atoms with Crippen LogP contribution in [-0.2, 0) is 4.74 Å². The Morgan fingerprint density at radius 1 is 1.18 bits per heavy atom. The van der Waals surface area contributed by atoms with Gasteiger partial charge in [-0.2, -0.15) is 0 Å². The Hall–Kier alpha value is -0.770. The van der Waals surface area contributed by atoms with Crippen molar-refractivity contribution in [3.8, 4) is 0 Å². The van der Waals surface area contributed by atoms with Gasteiger partial charge < -0.3 is 15.4 Å². The van der Waals surface area contributed by atoms with Gasteiger partial charge in [-0.3, -0.25) is 0 Å². The normalized spacial score (nSPS) is 18.0. The second-order valence-electron chi connectivity index (χ2n) is 7.55. The van der Waals surface area contributed by atoms with Crippen LogP contribution >= 0.6 is 0 Å². The average Bonchev–Trinajstić information content (AvgIpc) is 2.45. The van der Waals surface area contributed by atoms with Crippen LogP contribution in [0.3, 0.4) is 0 Å². The summed E-state index contributed by atoms with van der Waals surface area (Å²) in [6, 6.07) is 0.379.